The number of nitrogens with two attached hydrogens (primary N) is 1. The minimum absolute atomic E-state index is 0.235. The molecule has 0 spiro atoms. The molecule has 2 heterocycles. The monoisotopic (exact) mass is 529 g/mol. The van der Waals surface area contributed by atoms with E-state index in [4.69, 9.17) is 15.2 Å². The van der Waals surface area contributed by atoms with E-state index in [0.717, 1.165) is 37.9 Å². The van der Waals surface area contributed by atoms with Gasteiger partial charge in [0.1, 0.15) is 13.2 Å². The van der Waals surface area contributed by atoms with Crippen molar-refractivity contribution < 1.29 is 19.1 Å². The number of benzene rings is 3. The topological polar surface area (TPSA) is 118 Å². The van der Waals surface area contributed by atoms with Crippen LogP contribution in [-0.2, 0) is 0 Å². The molecule has 5 N–H and O–H groups in total. The van der Waals surface area contributed by atoms with Crippen molar-refractivity contribution in [1.29, 1.82) is 0 Å². The molecule has 1 saturated heterocycles. The summed E-state index contributed by atoms with van der Waals surface area (Å²) in [5.74, 6) is 1.05. The predicted molar refractivity (Wildman–Crippen MR) is 152 cm³/mol. The molecule has 0 aliphatic carbocycles. The molecule has 5 rings (SSSR count). The third-order valence-corrected chi connectivity index (χ3v) is 7.30. The van der Waals surface area contributed by atoms with Gasteiger partial charge in [-0.1, -0.05) is 31.2 Å². The number of nitrogens with zero attached hydrogens (tertiary/aromatic N) is 1. The summed E-state index contributed by atoms with van der Waals surface area (Å²) in [5, 5.41) is 8.95. The van der Waals surface area contributed by atoms with Gasteiger partial charge >= 0.3 is 6.03 Å². The fourth-order valence-electron chi connectivity index (χ4n) is 5.25. The summed E-state index contributed by atoms with van der Waals surface area (Å²) in [6, 6.07) is 19.7. The molecule has 3 aromatic carbocycles. The first kappa shape index (κ1) is 26.4. The third kappa shape index (κ3) is 6.43. The molecule has 0 aromatic heterocycles. The number of rotatable bonds is 8. The van der Waals surface area contributed by atoms with E-state index in [0.29, 0.717) is 53.4 Å². The van der Waals surface area contributed by atoms with Crippen molar-refractivity contribution in [1.82, 2.24) is 10.2 Å². The number of para-hydroxylation sites is 2. The smallest absolute Gasteiger partial charge is 0.319 e. The number of hydrogen-bond acceptors (Lipinski definition) is 6. The van der Waals surface area contributed by atoms with Crippen molar-refractivity contribution in [2.45, 2.75) is 38.3 Å². The molecular weight excluding hydrogens is 494 g/mol. The maximum atomic E-state index is 13.1. The Hall–Kier alpha value is -4.24. The van der Waals surface area contributed by atoms with Gasteiger partial charge in [-0.2, -0.15) is 0 Å². The number of amides is 3. The van der Waals surface area contributed by atoms with E-state index >= 15 is 0 Å². The SMILES string of the molecule is CCN1CCCC1CC(NC(=O)Nc1ccc2c(c1)OCCO2)c1ccc(C(=O)Nc2ccccc2N)cc1. The Morgan fingerprint density at radius 3 is 2.54 bits per heavy atom. The Morgan fingerprint density at radius 2 is 1.77 bits per heavy atom. The van der Waals surface area contributed by atoms with Crippen molar-refractivity contribution in [2.24, 2.45) is 0 Å². The van der Waals surface area contributed by atoms with Crippen LogP contribution < -0.4 is 31.2 Å². The lowest BCUT2D eigenvalue weighted by Gasteiger charge is -2.28. The Morgan fingerprint density at radius 1 is 1.00 bits per heavy atom. The Balaban J connectivity index is 1.30. The van der Waals surface area contributed by atoms with Crippen LogP contribution in [0.3, 0.4) is 0 Å². The molecule has 9 nitrogen and oxygen atoms in total. The Bertz CT molecular complexity index is 1310. The van der Waals surface area contributed by atoms with E-state index in [-0.39, 0.29) is 18.0 Å². The van der Waals surface area contributed by atoms with Crippen molar-refractivity contribution >= 4 is 29.0 Å². The first-order chi connectivity index (χ1) is 19.0. The fourth-order valence-corrected chi connectivity index (χ4v) is 5.25. The molecule has 3 amide bonds. The molecule has 2 unspecified atom stereocenters. The first-order valence-electron chi connectivity index (χ1n) is 13.5. The van der Waals surface area contributed by atoms with Gasteiger partial charge in [0.15, 0.2) is 11.5 Å². The zero-order chi connectivity index (χ0) is 27.2. The van der Waals surface area contributed by atoms with Crippen LogP contribution >= 0.6 is 0 Å². The van der Waals surface area contributed by atoms with Crippen LogP contribution in [0.15, 0.2) is 66.7 Å². The van der Waals surface area contributed by atoms with Gasteiger partial charge in [-0.3, -0.25) is 4.79 Å². The molecule has 204 valence electrons. The molecule has 39 heavy (non-hydrogen) atoms. The Labute approximate surface area is 228 Å². The quantitative estimate of drug-likeness (QED) is 0.304. The number of hydrogen-bond donors (Lipinski definition) is 4. The van der Waals surface area contributed by atoms with Crippen LogP contribution in [0.1, 0.15) is 48.1 Å². The van der Waals surface area contributed by atoms with Gasteiger partial charge in [-0.05, 0) is 74.3 Å². The second kappa shape index (κ2) is 12.1. The molecule has 2 aliphatic rings. The highest BCUT2D eigenvalue weighted by molar-refractivity contribution is 6.05. The average molecular weight is 530 g/mol. The number of carbonyl (C=O) groups is 2. The zero-order valence-corrected chi connectivity index (χ0v) is 22.1. The van der Waals surface area contributed by atoms with Crippen LogP contribution in [0.25, 0.3) is 0 Å². The highest BCUT2D eigenvalue weighted by Gasteiger charge is 2.28. The van der Waals surface area contributed by atoms with Gasteiger partial charge in [0.25, 0.3) is 5.91 Å². The van der Waals surface area contributed by atoms with Crippen LogP contribution in [0.4, 0.5) is 21.9 Å². The second-order valence-electron chi connectivity index (χ2n) is 9.83. The van der Waals surface area contributed by atoms with Gasteiger partial charge in [0, 0.05) is 23.4 Å². The minimum atomic E-state index is -0.306. The van der Waals surface area contributed by atoms with Gasteiger partial charge in [0.2, 0.25) is 0 Å². The maximum absolute atomic E-state index is 13.1. The van der Waals surface area contributed by atoms with Crippen molar-refractivity contribution in [3.8, 4) is 11.5 Å². The number of fused-ring (bicyclic) bond motifs is 1. The zero-order valence-electron chi connectivity index (χ0n) is 22.1. The summed E-state index contributed by atoms with van der Waals surface area (Å²) < 4.78 is 11.2. The molecule has 9 heteroatoms. The maximum Gasteiger partial charge on any atom is 0.319 e. The van der Waals surface area contributed by atoms with Gasteiger partial charge < -0.3 is 36.1 Å². The lowest BCUT2D eigenvalue weighted by atomic mass is 9.96. The Kier molecular flexibility index (Phi) is 8.17. The summed E-state index contributed by atoms with van der Waals surface area (Å²) in [5.41, 5.74) is 9.12. The molecule has 1 fully saturated rings. The number of nitrogens with one attached hydrogen (secondary N) is 3. The van der Waals surface area contributed by atoms with Crippen molar-refractivity contribution in [3.05, 3.63) is 77.9 Å². The highest BCUT2D eigenvalue weighted by atomic mass is 16.6. The lowest BCUT2D eigenvalue weighted by Crippen LogP contribution is -2.38. The number of likely N-dealkylation sites (tertiary alicyclic amines) is 1. The average Bonchev–Trinajstić information content (AvgIpc) is 3.41. The molecule has 2 atom stereocenters. The number of nitrogen functional groups attached to an aromatic ring is 1. The fraction of sp³-hybridized carbons (Fsp3) is 0.333. The van der Waals surface area contributed by atoms with E-state index in [1.807, 2.05) is 24.3 Å². The summed E-state index contributed by atoms with van der Waals surface area (Å²) in [7, 11) is 0. The molecule has 3 aromatic rings. The largest absolute Gasteiger partial charge is 0.486 e. The highest BCUT2D eigenvalue weighted by Crippen LogP contribution is 2.33. The number of carbonyl (C=O) groups excluding carboxylic acids is 2. The number of ether oxygens (including phenoxy) is 2. The summed E-state index contributed by atoms with van der Waals surface area (Å²) >= 11 is 0. The lowest BCUT2D eigenvalue weighted by molar-refractivity contribution is 0.102. The van der Waals surface area contributed by atoms with Gasteiger partial charge in [-0.25, -0.2) is 4.79 Å². The summed E-state index contributed by atoms with van der Waals surface area (Å²) in [4.78, 5) is 28.4. The molecule has 0 bridgehead atoms. The third-order valence-electron chi connectivity index (χ3n) is 7.30. The van der Waals surface area contributed by atoms with Crippen LogP contribution in [0, 0.1) is 0 Å². The molecule has 2 aliphatic heterocycles. The van der Waals surface area contributed by atoms with E-state index in [2.05, 4.69) is 27.8 Å². The summed E-state index contributed by atoms with van der Waals surface area (Å²) in [6.45, 7) is 5.20. The van der Waals surface area contributed by atoms with Crippen LogP contribution in [0.2, 0.25) is 0 Å². The van der Waals surface area contributed by atoms with E-state index in [1.54, 1.807) is 42.5 Å². The van der Waals surface area contributed by atoms with Gasteiger partial charge in [-0.15, -0.1) is 0 Å². The van der Waals surface area contributed by atoms with E-state index in [1.165, 1.54) is 0 Å². The molecule has 0 radical (unpaired) electrons. The van der Waals surface area contributed by atoms with Gasteiger partial charge in [0.05, 0.1) is 17.4 Å². The van der Waals surface area contributed by atoms with Crippen LogP contribution in [-0.4, -0.2) is 49.2 Å². The first-order valence-corrected chi connectivity index (χ1v) is 13.5. The van der Waals surface area contributed by atoms with Crippen LogP contribution in [0.5, 0.6) is 11.5 Å². The van der Waals surface area contributed by atoms with Crippen molar-refractivity contribution in [3.63, 3.8) is 0 Å². The van der Waals surface area contributed by atoms with E-state index < -0.39 is 0 Å². The standard InChI is InChI=1S/C30H35N5O4/c1-2-35-15-5-6-23(35)19-26(34-30(37)32-22-13-14-27-28(18-22)39-17-16-38-27)20-9-11-21(12-10-20)29(36)33-25-8-4-3-7-24(25)31/h3-4,7-14,18,23,26H,2,5-6,15-17,19,31H2,1H3,(H,33,36)(H2,32,34,37). The summed E-state index contributed by atoms with van der Waals surface area (Å²) in [6.07, 6.45) is 3.01. The van der Waals surface area contributed by atoms with E-state index in [9.17, 15) is 9.59 Å². The number of urea groups is 1. The molecule has 0 saturated carbocycles. The number of anilines is 3. The predicted octanol–water partition coefficient (Wildman–Crippen LogP) is 5.03. The van der Waals surface area contributed by atoms with Crippen molar-refractivity contribution in [2.75, 3.05) is 42.7 Å². The second-order valence-corrected chi connectivity index (χ2v) is 9.83. The minimum Gasteiger partial charge on any atom is -0.486 e. The normalized spacial score (nSPS) is 17.3. The molecular formula is C30H35N5O4.